The number of piperazine rings is 1. The number of nitrogens with zero attached hydrogens (tertiary/aromatic N) is 4. The highest BCUT2D eigenvalue weighted by atomic mass is 15.3. The van der Waals surface area contributed by atoms with Crippen LogP contribution >= 0.6 is 0 Å². The zero-order valence-electron chi connectivity index (χ0n) is 15.2. The maximum absolute atomic E-state index is 4.90. The molecule has 0 radical (unpaired) electrons. The Morgan fingerprint density at radius 3 is 2.00 bits per heavy atom. The SMILES string of the molecule is CCN1CCN(c2cc(-c3ccccc3)nc(-c3ccccc3)n2)CC1. The van der Waals surface area contributed by atoms with Gasteiger partial charge in [-0.1, -0.05) is 67.6 Å². The van der Waals surface area contributed by atoms with Crippen LogP contribution in [0.4, 0.5) is 5.82 Å². The predicted molar refractivity (Wildman–Crippen MR) is 107 cm³/mol. The van der Waals surface area contributed by atoms with Gasteiger partial charge < -0.3 is 9.80 Å². The van der Waals surface area contributed by atoms with Gasteiger partial charge in [0.05, 0.1) is 5.69 Å². The van der Waals surface area contributed by atoms with E-state index in [0.717, 1.165) is 61.2 Å². The average molecular weight is 344 g/mol. The first-order chi connectivity index (χ1) is 12.8. The molecule has 1 aliphatic heterocycles. The summed E-state index contributed by atoms with van der Waals surface area (Å²) in [5.74, 6) is 1.81. The van der Waals surface area contributed by atoms with Crippen molar-refractivity contribution in [1.29, 1.82) is 0 Å². The van der Waals surface area contributed by atoms with E-state index in [2.05, 4.69) is 59.2 Å². The minimum absolute atomic E-state index is 0.792. The van der Waals surface area contributed by atoms with Crippen molar-refractivity contribution in [3.05, 3.63) is 66.7 Å². The number of hydrogen-bond donors (Lipinski definition) is 0. The number of benzene rings is 2. The van der Waals surface area contributed by atoms with Crippen molar-refractivity contribution < 1.29 is 0 Å². The molecule has 3 aromatic rings. The van der Waals surface area contributed by atoms with Gasteiger partial charge in [-0.2, -0.15) is 0 Å². The van der Waals surface area contributed by atoms with Gasteiger partial charge in [-0.15, -0.1) is 0 Å². The molecule has 4 heteroatoms. The Hall–Kier alpha value is -2.72. The van der Waals surface area contributed by atoms with Crippen LogP contribution in [0.3, 0.4) is 0 Å². The van der Waals surface area contributed by atoms with Gasteiger partial charge in [0.2, 0.25) is 0 Å². The van der Waals surface area contributed by atoms with E-state index in [-0.39, 0.29) is 0 Å². The van der Waals surface area contributed by atoms with Crippen LogP contribution in [0.25, 0.3) is 22.6 Å². The van der Waals surface area contributed by atoms with Crippen LogP contribution in [0.1, 0.15) is 6.92 Å². The number of anilines is 1. The summed E-state index contributed by atoms with van der Waals surface area (Å²) in [4.78, 5) is 14.6. The van der Waals surface area contributed by atoms with E-state index >= 15 is 0 Å². The fraction of sp³-hybridized carbons (Fsp3) is 0.273. The normalized spacial score (nSPS) is 15.2. The molecule has 26 heavy (non-hydrogen) atoms. The second kappa shape index (κ2) is 7.67. The van der Waals surface area contributed by atoms with E-state index in [1.54, 1.807) is 0 Å². The van der Waals surface area contributed by atoms with Gasteiger partial charge in [-0.05, 0) is 6.54 Å². The highest BCUT2D eigenvalue weighted by Gasteiger charge is 2.19. The number of aromatic nitrogens is 2. The first-order valence-corrected chi connectivity index (χ1v) is 9.30. The molecule has 1 fully saturated rings. The van der Waals surface area contributed by atoms with E-state index in [1.165, 1.54) is 0 Å². The number of rotatable bonds is 4. The zero-order valence-corrected chi connectivity index (χ0v) is 15.2. The molecule has 1 aromatic heterocycles. The third-order valence-corrected chi connectivity index (χ3v) is 4.96. The lowest BCUT2D eigenvalue weighted by Gasteiger charge is -2.35. The van der Waals surface area contributed by atoms with Crippen LogP contribution < -0.4 is 4.90 Å². The molecule has 0 aliphatic carbocycles. The summed E-state index contributed by atoms with van der Waals surface area (Å²) >= 11 is 0. The summed E-state index contributed by atoms with van der Waals surface area (Å²) in [6, 6.07) is 22.7. The van der Waals surface area contributed by atoms with Crippen LogP contribution in [-0.4, -0.2) is 47.6 Å². The molecule has 2 aromatic carbocycles. The molecule has 0 spiro atoms. The maximum atomic E-state index is 4.90. The molecule has 0 bridgehead atoms. The second-order valence-corrected chi connectivity index (χ2v) is 6.59. The van der Waals surface area contributed by atoms with Crippen LogP contribution in [-0.2, 0) is 0 Å². The maximum Gasteiger partial charge on any atom is 0.162 e. The van der Waals surface area contributed by atoms with Crippen molar-refractivity contribution in [2.45, 2.75) is 6.92 Å². The van der Waals surface area contributed by atoms with Crippen LogP contribution in [0.15, 0.2) is 66.7 Å². The molecule has 1 saturated heterocycles. The third-order valence-electron chi connectivity index (χ3n) is 4.96. The van der Waals surface area contributed by atoms with Gasteiger partial charge >= 0.3 is 0 Å². The molecule has 0 amide bonds. The molecule has 0 saturated carbocycles. The highest BCUT2D eigenvalue weighted by molar-refractivity contribution is 5.67. The monoisotopic (exact) mass is 344 g/mol. The Labute approximate surface area is 155 Å². The Morgan fingerprint density at radius 2 is 1.38 bits per heavy atom. The molecular formula is C22H24N4. The largest absolute Gasteiger partial charge is 0.354 e. The van der Waals surface area contributed by atoms with E-state index in [9.17, 15) is 0 Å². The molecule has 1 aliphatic rings. The predicted octanol–water partition coefficient (Wildman–Crippen LogP) is 3.95. The lowest BCUT2D eigenvalue weighted by molar-refractivity contribution is 0.270. The smallest absolute Gasteiger partial charge is 0.162 e. The van der Waals surface area contributed by atoms with Crippen molar-refractivity contribution in [3.8, 4) is 22.6 Å². The lowest BCUT2D eigenvalue weighted by atomic mass is 10.1. The first-order valence-electron chi connectivity index (χ1n) is 9.30. The Morgan fingerprint density at radius 1 is 0.769 bits per heavy atom. The molecule has 0 atom stereocenters. The second-order valence-electron chi connectivity index (χ2n) is 6.59. The van der Waals surface area contributed by atoms with Crippen molar-refractivity contribution >= 4 is 5.82 Å². The van der Waals surface area contributed by atoms with Crippen LogP contribution in [0.5, 0.6) is 0 Å². The van der Waals surface area contributed by atoms with Crippen molar-refractivity contribution in [2.75, 3.05) is 37.6 Å². The molecule has 0 N–H and O–H groups in total. The summed E-state index contributed by atoms with van der Waals surface area (Å²) in [6.07, 6.45) is 0. The summed E-state index contributed by atoms with van der Waals surface area (Å²) < 4.78 is 0. The summed E-state index contributed by atoms with van der Waals surface area (Å²) in [7, 11) is 0. The molecular weight excluding hydrogens is 320 g/mol. The standard InChI is InChI=1S/C22H24N4/c1-2-25-13-15-26(16-14-25)21-17-20(18-9-5-3-6-10-18)23-22(24-21)19-11-7-4-8-12-19/h3-12,17H,2,13-16H2,1H3. The van der Waals surface area contributed by atoms with Crippen LogP contribution in [0, 0.1) is 0 Å². The van der Waals surface area contributed by atoms with Gasteiger partial charge in [-0.25, -0.2) is 9.97 Å². The van der Waals surface area contributed by atoms with Gasteiger partial charge in [-0.3, -0.25) is 0 Å². The average Bonchev–Trinajstić information content (AvgIpc) is 2.75. The summed E-state index contributed by atoms with van der Waals surface area (Å²) in [5, 5.41) is 0. The van der Waals surface area contributed by atoms with Crippen molar-refractivity contribution in [3.63, 3.8) is 0 Å². The first kappa shape index (κ1) is 16.7. The van der Waals surface area contributed by atoms with Gasteiger partial charge in [0.25, 0.3) is 0 Å². The van der Waals surface area contributed by atoms with Crippen molar-refractivity contribution in [2.24, 2.45) is 0 Å². The van der Waals surface area contributed by atoms with Gasteiger partial charge in [0, 0.05) is 43.4 Å². The lowest BCUT2D eigenvalue weighted by Crippen LogP contribution is -2.46. The number of likely N-dealkylation sites (N-methyl/N-ethyl adjacent to an activating group) is 1. The van der Waals surface area contributed by atoms with E-state index < -0.39 is 0 Å². The third kappa shape index (κ3) is 3.60. The Balaban J connectivity index is 1.74. The van der Waals surface area contributed by atoms with E-state index in [4.69, 9.17) is 9.97 Å². The van der Waals surface area contributed by atoms with Gasteiger partial charge in [0.15, 0.2) is 5.82 Å². The minimum atomic E-state index is 0.792. The topological polar surface area (TPSA) is 32.3 Å². The Bertz CT molecular complexity index is 783. The highest BCUT2D eigenvalue weighted by Crippen LogP contribution is 2.26. The summed E-state index contributed by atoms with van der Waals surface area (Å²) in [5.41, 5.74) is 3.16. The fourth-order valence-corrected chi connectivity index (χ4v) is 3.36. The van der Waals surface area contributed by atoms with E-state index in [0.29, 0.717) is 0 Å². The number of hydrogen-bond acceptors (Lipinski definition) is 4. The zero-order chi connectivity index (χ0) is 17.8. The molecule has 0 unspecified atom stereocenters. The van der Waals surface area contributed by atoms with Gasteiger partial charge in [0.1, 0.15) is 5.82 Å². The fourth-order valence-electron chi connectivity index (χ4n) is 3.36. The van der Waals surface area contributed by atoms with Crippen molar-refractivity contribution in [1.82, 2.24) is 14.9 Å². The minimum Gasteiger partial charge on any atom is -0.354 e. The quantitative estimate of drug-likeness (QED) is 0.717. The molecule has 2 heterocycles. The van der Waals surface area contributed by atoms with E-state index in [1.807, 2.05) is 24.3 Å². The molecule has 4 nitrogen and oxygen atoms in total. The van der Waals surface area contributed by atoms with Crippen LogP contribution in [0.2, 0.25) is 0 Å². The molecule has 132 valence electrons. The molecule has 4 rings (SSSR count). The Kier molecular flexibility index (Phi) is 4.93. The summed E-state index contributed by atoms with van der Waals surface area (Å²) in [6.45, 7) is 7.52.